The molecule has 134 valence electrons. The zero-order chi connectivity index (χ0) is 18.2. The van der Waals surface area contributed by atoms with Crippen LogP contribution < -0.4 is 10.6 Å². The largest absolute Gasteiger partial charge is 0.325 e. The molecule has 0 aliphatic rings. The predicted octanol–water partition coefficient (Wildman–Crippen LogP) is 4.30. The minimum atomic E-state index is -0.148. The Balaban J connectivity index is 1.81. The third-order valence-electron chi connectivity index (χ3n) is 3.45. The van der Waals surface area contributed by atoms with Crippen molar-refractivity contribution < 1.29 is 9.59 Å². The molecule has 6 nitrogen and oxygen atoms in total. The van der Waals surface area contributed by atoms with E-state index in [2.05, 4.69) is 20.8 Å². The molecule has 1 heterocycles. The standard InChI is InChI=1S/C16H19ClN4O2S2/c1-3-10(4-2)14(23)19-15-20-21-16(25-15)24-9-13(22)18-12-7-5-11(17)6-8-12/h5-8,10H,3-4,9H2,1-2H3,(H,18,22)(H,19,20,23). The van der Waals surface area contributed by atoms with Crippen molar-refractivity contribution in [2.45, 2.75) is 31.0 Å². The maximum Gasteiger partial charge on any atom is 0.234 e. The van der Waals surface area contributed by atoms with Gasteiger partial charge in [-0.3, -0.25) is 9.59 Å². The second-order valence-corrected chi connectivity index (χ2v) is 7.86. The fourth-order valence-electron chi connectivity index (χ4n) is 2.04. The summed E-state index contributed by atoms with van der Waals surface area (Å²) >= 11 is 8.34. The molecule has 0 saturated heterocycles. The molecule has 1 aromatic heterocycles. The van der Waals surface area contributed by atoms with E-state index in [1.54, 1.807) is 24.3 Å². The van der Waals surface area contributed by atoms with Crippen LogP contribution in [0.3, 0.4) is 0 Å². The van der Waals surface area contributed by atoms with Crippen molar-refractivity contribution >= 4 is 57.3 Å². The molecular formula is C16H19ClN4O2S2. The van der Waals surface area contributed by atoms with Crippen LogP contribution in [0.25, 0.3) is 0 Å². The summed E-state index contributed by atoms with van der Waals surface area (Å²) in [5.41, 5.74) is 0.686. The average molecular weight is 399 g/mol. The molecule has 0 saturated carbocycles. The highest BCUT2D eigenvalue weighted by molar-refractivity contribution is 8.01. The Bertz CT molecular complexity index is 717. The van der Waals surface area contributed by atoms with Gasteiger partial charge in [0.05, 0.1) is 5.75 Å². The maximum absolute atomic E-state index is 12.0. The van der Waals surface area contributed by atoms with Crippen LogP contribution in [-0.2, 0) is 9.59 Å². The first-order chi connectivity index (χ1) is 12.0. The van der Waals surface area contributed by atoms with E-state index in [4.69, 9.17) is 11.6 Å². The minimum absolute atomic E-state index is 0.0230. The van der Waals surface area contributed by atoms with Gasteiger partial charge in [-0.05, 0) is 37.1 Å². The smallest absolute Gasteiger partial charge is 0.234 e. The topological polar surface area (TPSA) is 84.0 Å². The Morgan fingerprint density at radius 1 is 1.16 bits per heavy atom. The lowest BCUT2D eigenvalue weighted by Gasteiger charge is -2.09. The van der Waals surface area contributed by atoms with E-state index in [-0.39, 0.29) is 23.5 Å². The second-order valence-electron chi connectivity index (χ2n) is 5.22. The van der Waals surface area contributed by atoms with Crippen molar-refractivity contribution in [3.63, 3.8) is 0 Å². The lowest BCUT2D eigenvalue weighted by Crippen LogP contribution is -2.21. The van der Waals surface area contributed by atoms with Crippen molar-refractivity contribution in [1.82, 2.24) is 10.2 Å². The first-order valence-corrected chi connectivity index (χ1v) is 10.0. The minimum Gasteiger partial charge on any atom is -0.325 e. The number of aromatic nitrogens is 2. The third-order valence-corrected chi connectivity index (χ3v) is 5.67. The van der Waals surface area contributed by atoms with Crippen LogP contribution in [0, 0.1) is 5.92 Å². The molecule has 0 spiro atoms. The quantitative estimate of drug-likeness (QED) is 0.511. The zero-order valence-corrected chi connectivity index (χ0v) is 16.3. The number of amides is 2. The number of anilines is 2. The van der Waals surface area contributed by atoms with Crippen molar-refractivity contribution in [3.05, 3.63) is 29.3 Å². The summed E-state index contributed by atoms with van der Waals surface area (Å²) in [4.78, 5) is 24.0. The number of carbonyl (C=O) groups is 2. The summed E-state index contributed by atoms with van der Waals surface area (Å²) < 4.78 is 0.631. The van der Waals surface area contributed by atoms with Crippen LogP contribution in [0.15, 0.2) is 28.6 Å². The number of nitrogens with one attached hydrogen (secondary N) is 2. The van der Waals surface area contributed by atoms with Crippen molar-refractivity contribution in [1.29, 1.82) is 0 Å². The van der Waals surface area contributed by atoms with Gasteiger partial charge in [-0.15, -0.1) is 10.2 Å². The Morgan fingerprint density at radius 2 is 1.84 bits per heavy atom. The first kappa shape index (κ1) is 19.7. The summed E-state index contributed by atoms with van der Waals surface area (Å²) in [6.07, 6.45) is 1.57. The molecule has 0 aliphatic heterocycles. The number of hydrogen-bond acceptors (Lipinski definition) is 6. The van der Waals surface area contributed by atoms with Crippen LogP contribution in [-0.4, -0.2) is 27.8 Å². The molecule has 2 rings (SSSR count). The monoisotopic (exact) mass is 398 g/mol. The van der Waals surface area contributed by atoms with Gasteiger partial charge in [-0.25, -0.2) is 0 Å². The molecule has 0 bridgehead atoms. The molecule has 2 amide bonds. The average Bonchev–Trinajstić information content (AvgIpc) is 3.03. The van der Waals surface area contributed by atoms with E-state index < -0.39 is 0 Å². The highest BCUT2D eigenvalue weighted by Crippen LogP contribution is 2.26. The Labute approximate surface area is 159 Å². The fraction of sp³-hybridized carbons (Fsp3) is 0.375. The van der Waals surface area contributed by atoms with Gasteiger partial charge in [0.2, 0.25) is 16.9 Å². The molecule has 0 radical (unpaired) electrons. The maximum atomic E-state index is 12.0. The van der Waals surface area contributed by atoms with Crippen molar-refractivity contribution in [2.24, 2.45) is 5.92 Å². The molecule has 1 aromatic carbocycles. The number of hydrogen-bond donors (Lipinski definition) is 2. The zero-order valence-electron chi connectivity index (χ0n) is 13.9. The molecule has 9 heteroatoms. The molecule has 2 N–H and O–H groups in total. The summed E-state index contributed by atoms with van der Waals surface area (Å²) in [6, 6.07) is 6.90. The Hall–Kier alpha value is -1.64. The third kappa shape index (κ3) is 6.30. The van der Waals surface area contributed by atoms with Crippen LogP contribution in [0.4, 0.5) is 10.8 Å². The van der Waals surface area contributed by atoms with Crippen LogP contribution in [0.2, 0.25) is 5.02 Å². The molecule has 0 aliphatic carbocycles. The molecule has 0 unspecified atom stereocenters. The predicted molar refractivity (Wildman–Crippen MR) is 103 cm³/mol. The highest BCUT2D eigenvalue weighted by Gasteiger charge is 2.16. The van der Waals surface area contributed by atoms with Gasteiger partial charge in [-0.2, -0.15) is 0 Å². The van der Waals surface area contributed by atoms with Crippen LogP contribution >= 0.6 is 34.7 Å². The normalized spacial score (nSPS) is 10.7. The molecule has 25 heavy (non-hydrogen) atoms. The lowest BCUT2D eigenvalue weighted by atomic mass is 10.0. The summed E-state index contributed by atoms with van der Waals surface area (Å²) in [6.45, 7) is 3.96. The van der Waals surface area contributed by atoms with Gasteiger partial charge in [0.1, 0.15) is 0 Å². The number of nitrogens with zero attached hydrogens (tertiary/aromatic N) is 2. The van der Waals surface area contributed by atoms with Crippen LogP contribution in [0.5, 0.6) is 0 Å². The van der Waals surface area contributed by atoms with Crippen LogP contribution in [0.1, 0.15) is 26.7 Å². The Kier molecular flexibility index (Phi) is 7.67. The van der Waals surface area contributed by atoms with E-state index in [0.717, 1.165) is 12.8 Å². The van der Waals surface area contributed by atoms with E-state index in [0.29, 0.717) is 20.2 Å². The first-order valence-electron chi connectivity index (χ1n) is 7.84. The van der Waals surface area contributed by atoms with Gasteiger partial charge < -0.3 is 10.6 Å². The number of halogens is 1. The summed E-state index contributed by atoms with van der Waals surface area (Å²) in [5, 5.41) is 14.6. The Morgan fingerprint density at radius 3 is 2.48 bits per heavy atom. The van der Waals surface area contributed by atoms with Crippen molar-refractivity contribution in [2.75, 3.05) is 16.4 Å². The number of benzene rings is 1. The number of rotatable bonds is 8. The number of thioether (sulfide) groups is 1. The van der Waals surface area contributed by atoms with Crippen molar-refractivity contribution in [3.8, 4) is 0 Å². The van der Waals surface area contributed by atoms with Gasteiger partial charge in [-0.1, -0.05) is 48.5 Å². The van der Waals surface area contributed by atoms with Gasteiger partial charge in [0.15, 0.2) is 4.34 Å². The molecule has 2 aromatic rings. The van der Waals surface area contributed by atoms with E-state index in [9.17, 15) is 9.59 Å². The molecular weight excluding hydrogens is 380 g/mol. The SMILES string of the molecule is CCC(CC)C(=O)Nc1nnc(SCC(=O)Nc2ccc(Cl)cc2)s1. The molecule has 0 fully saturated rings. The van der Waals surface area contributed by atoms with Gasteiger partial charge in [0.25, 0.3) is 0 Å². The van der Waals surface area contributed by atoms with Gasteiger partial charge in [0, 0.05) is 16.6 Å². The molecule has 0 atom stereocenters. The fourth-order valence-corrected chi connectivity index (χ4v) is 3.72. The summed E-state index contributed by atoms with van der Waals surface area (Å²) in [7, 11) is 0. The summed E-state index contributed by atoms with van der Waals surface area (Å²) in [5.74, 6) is -0.00827. The van der Waals surface area contributed by atoms with Gasteiger partial charge >= 0.3 is 0 Å². The van der Waals surface area contributed by atoms with E-state index in [1.807, 2.05) is 13.8 Å². The number of carbonyl (C=O) groups excluding carboxylic acids is 2. The lowest BCUT2D eigenvalue weighted by molar-refractivity contribution is -0.120. The van der Waals surface area contributed by atoms with E-state index >= 15 is 0 Å². The van der Waals surface area contributed by atoms with E-state index in [1.165, 1.54) is 23.1 Å². The second kappa shape index (κ2) is 9.74. The highest BCUT2D eigenvalue weighted by atomic mass is 35.5.